The minimum absolute atomic E-state index is 0.127. The smallest absolute Gasteiger partial charge is 0.222 e. The molecule has 4 nitrogen and oxygen atoms in total. The molecule has 25 heavy (non-hydrogen) atoms. The summed E-state index contributed by atoms with van der Waals surface area (Å²) >= 11 is 0. The summed E-state index contributed by atoms with van der Waals surface area (Å²) in [7, 11) is 1.70. The highest BCUT2D eigenvalue weighted by Gasteiger charge is 2.51. The SMILES string of the molecule is COc1ccc([C@H]2[C@@H]3CCCC[C@@H]3[C@@H]2NC(=O)C[C@@H]2CCCO2)cc1. The molecule has 5 atom stereocenters. The van der Waals surface area contributed by atoms with Crippen molar-refractivity contribution in [1.29, 1.82) is 0 Å². The summed E-state index contributed by atoms with van der Waals surface area (Å²) in [5.41, 5.74) is 1.34. The van der Waals surface area contributed by atoms with Gasteiger partial charge in [0.05, 0.1) is 19.6 Å². The van der Waals surface area contributed by atoms with Crippen LogP contribution in [-0.2, 0) is 9.53 Å². The fraction of sp³-hybridized carbons (Fsp3) is 0.667. The van der Waals surface area contributed by atoms with Gasteiger partial charge in [0.1, 0.15) is 5.75 Å². The second-order valence-corrected chi connectivity index (χ2v) is 7.84. The van der Waals surface area contributed by atoms with E-state index in [-0.39, 0.29) is 18.1 Å². The molecule has 0 spiro atoms. The highest BCUT2D eigenvalue weighted by molar-refractivity contribution is 5.77. The number of rotatable bonds is 5. The zero-order chi connectivity index (χ0) is 17.2. The van der Waals surface area contributed by atoms with Crippen molar-refractivity contribution in [3.05, 3.63) is 29.8 Å². The summed E-state index contributed by atoms with van der Waals surface area (Å²) in [6.45, 7) is 0.806. The largest absolute Gasteiger partial charge is 0.497 e. The van der Waals surface area contributed by atoms with E-state index < -0.39 is 0 Å². The average Bonchev–Trinajstić information content (AvgIpc) is 3.14. The molecule has 1 N–H and O–H groups in total. The second kappa shape index (κ2) is 7.36. The number of nitrogens with one attached hydrogen (secondary N) is 1. The molecule has 136 valence electrons. The van der Waals surface area contributed by atoms with Crippen molar-refractivity contribution < 1.29 is 14.3 Å². The van der Waals surface area contributed by atoms with Gasteiger partial charge >= 0.3 is 0 Å². The van der Waals surface area contributed by atoms with E-state index >= 15 is 0 Å². The van der Waals surface area contributed by atoms with E-state index in [2.05, 4.69) is 17.4 Å². The number of hydrogen-bond donors (Lipinski definition) is 1. The lowest BCUT2D eigenvalue weighted by molar-refractivity contribution is -0.127. The van der Waals surface area contributed by atoms with Gasteiger partial charge in [-0.05, 0) is 55.2 Å². The minimum atomic E-state index is 0.127. The van der Waals surface area contributed by atoms with Gasteiger partial charge in [-0.1, -0.05) is 25.0 Å². The molecule has 3 aliphatic rings. The summed E-state index contributed by atoms with van der Waals surface area (Å²) in [5.74, 6) is 2.87. The van der Waals surface area contributed by atoms with Gasteiger partial charge in [-0.25, -0.2) is 0 Å². The van der Waals surface area contributed by atoms with Crippen LogP contribution < -0.4 is 10.1 Å². The summed E-state index contributed by atoms with van der Waals surface area (Å²) in [4.78, 5) is 12.5. The average molecular weight is 343 g/mol. The van der Waals surface area contributed by atoms with Gasteiger partial charge in [0.2, 0.25) is 5.91 Å². The van der Waals surface area contributed by atoms with Gasteiger partial charge in [0.25, 0.3) is 0 Å². The first kappa shape index (κ1) is 16.9. The van der Waals surface area contributed by atoms with Crippen LogP contribution in [0.4, 0.5) is 0 Å². The zero-order valence-electron chi connectivity index (χ0n) is 15.1. The topological polar surface area (TPSA) is 47.6 Å². The Kier molecular flexibility index (Phi) is 4.98. The van der Waals surface area contributed by atoms with Crippen molar-refractivity contribution in [2.24, 2.45) is 11.8 Å². The van der Waals surface area contributed by atoms with Crippen molar-refractivity contribution >= 4 is 5.91 Å². The number of amides is 1. The Hall–Kier alpha value is -1.55. The Morgan fingerprint density at radius 3 is 2.56 bits per heavy atom. The summed E-state index contributed by atoms with van der Waals surface area (Å²) in [6, 6.07) is 8.71. The van der Waals surface area contributed by atoms with Crippen LogP contribution in [0.2, 0.25) is 0 Å². The molecule has 0 bridgehead atoms. The maximum Gasteiger partial charge on any atom is 0.222 e. The maximum atomic E-state index is 12.5. The number of benzene rings is 1. The zero-order valence-corrected chi connectivity index (χ0v) is 15.1. The van der Waals surface area contributed by atoms with Crippen LogP contribution in [0.5, 0.6) is 5.75 Å². The van der Waals surface area contributed by atoms with E-state index in [9.17, 15) is 4.79 Å². The quantitative estimate of drug-likeness (QED) is 0.888. The van der Waals surface area contributed by atoms with Crippen molar-refractivity contribution in [3.63, 3.8) is 0 Å². The summed E-state index contributed by atoms with van der Waals surface area (Å²) in [5, 5.41) is 3.37. The third kappa shape index (κ3) is 3.41. The Morgan fingerprint density at radius 2 is 1.88 bits per heavy atom. The van der Waals surface area contributed by atoms with Crippen LogP contribution in [-0.4, -0.2) is 31.8 Å². The molecule has 0 radical (unpaired) electrons. The van der Waals surface area contributed by atoms with Crippen LogP contribution in [0.25, 0.3) is 0 Å². The third-order valence-electron chi connectivity index (χ3n) is 6.45. The van der Waals surface area contributed by atoms with Gasteiger partial charge in [-0.3, -0.25) is 4.79 Å². The van der Waals surface area contributed by atoms with Crippen LogP contribution >= 0.6 is 0 Å². The van der Waals surface area contributed by atoms with Crippen LogP contribution in [0.1, 0.15) is 56.4 Å². The second-order valence-electron chi connectivity index (χ2n) is 7.84. The fourth-order valence-electron chi connectivity index (χ4n) is 5.20. The standard InChI is InChI=1S/C21H29NO3/c1-24-15-10-8-14(9-11-15)20-17-6-2-3-7-18(17)21(20)22-19(23)13-16-5-4-12-25-16/h8-11,16-18,20-21H,2-7,12-13H2,1H3,(H,22,23)/t16-,17+,18-,20-,21-/m0/s1. The molecule has 2 saturated carbocycles. The lowest BCUT2D eigenvalue weighted by atomic mass is 9.53. The predicted octanol–water partition coefficient (Wildman–Crippen LogP) is 3.65. The van der Waals surface area contributed by atoms with Crippen LogP contribution in [0.15, 0.2) is 24.3 Å². The van der Waals surface area contributed by atoms with Crippen molar-refractivity contribution in [2.45, 2.75) is 63.0 Å². The molecule has 1 aromatic carbocycles. The van der Waals surface area contributed by atoms with E-state index in [0.29, 0.717) is 18.3 Å². The number of ether oxygens (including phenoxy) is 2. The van der Waals surface area contributed by atoms with Crippen LogP contribution in [0.3, 0.4) is 0 Å². The Balaban J connectivity index is 1.45. The van der Waals surface area contributed by atoms with E-state index in [1.807, 2.05) is 12.1 Å². The summed E-state index contributed by atoms with van der Waals surface area (Å²) in [6.07, 6.45) is 7.91. The van der Waals surface area contributed by atoms with Gasteiger partial charge in [0.15, 0.2) is 0 Å². The molecule has 4 rings (SSSR count). The van der Waals surface area contributed by atoms with E-state index in [1.54, 1.807) is 7.11 Å². The first-order chi connectivity index (χ1) is 12.3. The monoisotopic (exact) mass is 343 g/mol. The first-order valence-corrected chi connectivity index (χ1v) is 9.81. The van der Waals surface area contributed by atoms with E-state index in [4.69, 9.17) is 9.47 Å². The van der Waals surface area contributed by atoms with Crippen molar-refractivity contribution in [3.8, 4) is 5.75 Å². The Morgan fingerprint density at radius 1 is 1.12 bits per heavy atom. The fourth-order valence-corrected chi connectivity index (χ4v) is 5.20. The molecular weight excluding hydrogens is 314 g/mol. The molecule has 0 aromatic heterocycles. The molecule has 2 aliphatic carbocycles. The number of carbonyl (C=O) groups is 1. The normalized spacial score (nSPS) is 34.0. The summed E-state index contributed by atoms with van der Waals surface area (Å²) < 4.78 is 10.9. The van der Waals surface area contributed by atoms with Gasteiger partial charge in [-0.2, -0.15) is 0 Å². The molecular formula is C21H29NO3. The van der Waals surface area contributed by atoms with Gasteiger partial charge in [-0.15, -0.1) is 0 Å². The highest BCUT2D eigenvalue weighted by Crippen LogP contribution is 2.54. The van der Waals surface area contributed by atoms with E-state index in [0.717, 1.165) is 31.1 Å². The third-order valence-corrected chi connectivity index (χ3v) is 6.45. The molecule has 1 aliphatic heterocycles. The van der Waals surface area contributed by atoms with E-state index in [1.165, 1.54) is 31.2 Å². The maximum absolute atomic E-state index is 12.5. The van der Waals surface area contributed by atoms with Crippen LogP contribution in [0, 0.1) is 11.8 Å². The predicted molar refractivity (Wildman–Crippen MR) is 96.7 cm³/mol. The number of carbonyl (C=O) groups excluding carboxylic acids is 1. The number of fused-ring (bicyclic) bond motifs is 1. The van der Waals surface area contributed by atoms with Gasteiger partial charge in [0, 0.05) is 18.6 Å². The lowest BCUT2D eigenvalue weighted by Crippen LogP contribution is -2.59. The Bertz CT molecular complexity index is 594. The molecule has 1 aromatic rings. The van der Waals surface area contributed by atoms with Crippen molar-refractivity contribution in [1.82, 2.24) is 5.32 Å². The molecule has 1 amide bonds. The van der Waals surface area contributed by atoms with Crippen molar-refractivity contribution in [2.75, 3.05) is 13.7 Å². The number of methoxy groups -OCH3 is 1. The minimum Gasteiger partial charge on any atom is -0.497 e. The van der Waals surface area contributed by atoms with Gasteiger partial charge < -0.3 is 14.8 Å². The number of hydrogen-bond acceptors (Lipinski definition) is 3. The molecule has 1 saturated heterocycles. The Labute approximate surface area is 150 Å². The molecule has 0 unspecified atom stereocenters. The molecule has 4 heteroatoms. The molecule has 1 heterocycles. The lowest BCUT2D eigenvalue weighted by Gasteiger charge is -2.55. The first-order valence-electron chi connectivity index (χ1n) is 9.81. The highest BCUT2D eigenvalue weighted by atomic mass is 16.5. The molecule has 3 fully saturated rings.